The third kappa shape index (κ3) is 2.57. The van der Waals surface area contributed by atoms with Crippen molar-refractivity contribution in [3.8, 4) is 17.2 Å². The molecule has 1 atom stereocenters. The monoisotopic (exact) mass is 353 g/mol. The molecule has 1 aromatic heterocycles. The van der Waals surface area contributed by atoms with Crippen molar-refractivity contribution in [3.05, 3.63) is 65.9 Å². The van der Waals surface area contributed by atoms with E-state index in [4.69, 9.17) is 4.74 Å². The fourth-order valence-corrected chi connectivity index (χ4v) is 3.22. The Morgan fingerprint density at radius 1 is 1.31 bits per heavy atom. The van der Waals surface area contributed by atoms with Crippen molar-refractivity contribution >= 4 is 11.7 Å². The molecule has 2 N–H and O–H groups in total. The van der Waals surface area contributed by atoms with Crippen LogP contribution in [0.5, 0.6) is 11.5 Å². The third-order valence-electron chi connectivity index (χ3n) is 4.49. The van der Waals surface area contributed by atoms with Crippen molar-refractivity contribution in [1.82, 2.24) is 9.55 Å². The molecule has 1 aliphatic heterocycles. The number of aromatic hydroxyl groups is 1. The van der Waals surface area contributed by atoms with Crippen LogP contribution in [0, 0.1) is 5.82 Å². The summed E-state index contributed by atoms with van der Waals surface area (Å²) in [6.45, 7) is 0. The normalized spacial score (nSPS) is 16.1. The fourth-order valence-electron chi connectivity index (χ4n) is 3.22. The number of nitrogens with zero attached hydrogens (tertiary/aromatic N) is 2. The molecule has 132 valence electrons. The molecular weight excluding hydrogens is 337 g/mol. The van der Waals surface area contributed by atoms with E-state index in [2.05, 4.69) is 10.3 Å². The van der Waals surface area contributed by atoms with E-state index in [1.54, 1.807) is 30.3 Å². The summed E-state index contributed by atoms with van der Waals surface area (Å²) in [4.78, 5) is 16.7. The number of methoxy groups -OCH3 is 1. The van der Waals surface area contributed by atoms with Gasteiger partial charge in [0.1, 0.15) is 18.0 Å². The molecular formula is C19H16FN3O3. The number of nitrogens with one attached hydrogen (secondary N) is 1. The third-order valence-corrected chi connectivity index (χ3v) is 4.49. The molecule has 0 saturated heterocycles. The number of halogens is 1. The number of anilines is 1. The molecule has 0 aliphatic carbocycles. The highest BCUT2D eigenvalue weighted by Gasteiger charge is 2.31. The number of amides is 1. The van der Waals surface area contributed by atoms with Crippen molar-refractivity contribution in [2.45, 2.75) is 12.3 Å². The fraction of sp³-hybridized carbons (Fsp3) is 0.158. The summed E-state index contributed by atoms with van der Waals surface area (Å²) in [5.74, 6) is -0.120. The number of phenolic OH excluding ortho intramolecular Hbond substituents is 1. The number of fused-ring (bicyclic) bond motifs is 1. The van der Waals surface area contributed by atoms with Crippen LogP contribution < -0.4 is 10.1 Å². The summed E-state index contributed by atoms with van der Waals surface area (Å²) >= 11 is 0. The second-order valence-corrected chi connectivity index (χ2v) is 6.04. The molecule has 2 heterocycles. The Hall–Kier alpha value is -3.35. The average molecular weight is 353 g/mol. The predicted molar refractivity (Wildman–Crippen MR) is 93.3 cm³/mol. The van der Waals surface area contributed by atoms with E-state index in [1.165, 1.54) is 30.1 Å². The molecule has 4 rings (SSSR count). The molecule has 0 spiro atoms. The van der Waals surface area contributed by atoms with Crippen LogP contribution in [0.25, 0.3) is 5.69 Å². The summed E-state index contributed by atoms with van der Waals surface area (Å²) in [6.07, 6.45) is 1.70. The Balaban J connectivity index is 1.83. The van der Waals surface area contributed by atoms with Crippen molar-refractivity contribution in [1.29, 1.82) is 0 Å². The molecule has 6 nitrogen and oxygen atoms in total. The van der Waals surface area contributed by atoms with Crippen molar-refractivity contribution < 1.29 is 19.0 Å². The molecule has 1 amide bonds. The maximum absolute atomic E-state index is 14.2. The summed E-state index contributed by atoms with van der Waals surface area (Å²) < 4.78 is 20.9. The Morgan fingerprint density at radius 3 is 2.88 bits per heavy atom. The zero-order chi connectivity index (χ0) is 18.3. The number of rotatable bonds is 3. The molecule has 3 aromatic rings. The zero-order valence-electron chi connectivity index (χ0n) is 13.9. The largest absolute Gasteiger partial charge is 0.504 e. The number of phenols is 1. The van der Waals surface area contributed by atoms with Gasteiger partial charge in [-0.1, -0.05) is 18.2 Å². The van der Waals surface area contributed by atoms with E-state index in [0.29, 0.717) is 22.9 Å². The Labute approximate surface area is 148 Å². The van der Waals surface area contributed by atoms with Gasteiger partial charge >= 0.3 is 0 Å². The van der Waals surface area contributed by atoms with Gasteiger partial charge in [-0.05, 0) is 29.8 Å². The van der Waals surface area contributed by atoms with E-state index >= 15 is 0 Å². The molecule has 0 fully saturated rings. The first-order valence-corrected chi connectivity index (χ1v) is 8.07. The van der Waals surface area contributed by atoms with Gasteiger partial charge in [-0.15, -0.1) is 0 Å². The highest BCUT2D eigenvalue weighted by Crippen LogP contribution is 2.40. The van der Waals surface area contributed by atoms with Crippen LogP contribution in [0.3, 0.4) is 0 Å². The number of para-hydroxylation sites is 1. The smallest absolute Gasteiger partial charge is 0.226 e. The molecule has 0 bridgehead atoms. The molecule has 26 heavy (non-hydrogen) atoms. The molecule has 1 aliphatic rings. The molecule has 2 aromatic carbocycles. The van der Waals surface area contributed by atoms with Gasteiger partial charge in [-0.3, -0.25) is 9.36 Å². The maximum Gasteiger partial charge on any atom is 0.226 e. The zero-order valence-corrected chi connectivity index (χ0v) is 13.9. The van der Waals surface area contributed by atoms with Crippen LogP contribution in [0.2, 0.25) is 0 Å². The van der Waals surface area contributed by atoms with Gasteiger partial charge in [0.2, 0.25) is 5.91 Å². The summed E-state index contributed by atoms with van der Waals surface area (Å²) in [5, 5.41) is 12.6. The first-order chi connectivity index (χ1) is 12.6. The number of hydrogen-bond acceptors (Lipinski definition) is 4. The Kier molecular flexibility index (Phi) is 3.84. The van der Waals surface area contributed by atoms with E-state index in [0.717, 1.165) is 5.56 Å². The van der Waals surface area contributed by atoms with Gasteiger partial charge in [-0.25, -0.2) is 9.37 Å². The first-order valence-electron chi connectivity index (χ1n) is 8.07. The lowest BCUT2D eigenvalue weighted by molar-refractivity contribution is -0.116. The molecule has 0 saturated carbocycles. The second kappa shape index (κ2) is 6.18. The van der Waals surface area contributed by atoms with Crippen molar-refractivity contribution in [2.75, 3.05) is 12.4 Å². The number of carbonyl (C=O) groups excluding carboxylic acids is 1. The number of imidazole rings is 1. The van der Waals surface area contributed by atoms with Gasteiger partial charge in [0.05, 0.1) is 18.5 Å². The minimum atomic E-state index is -0.407. The first kappa shape index (κ1) is 16.1. The highest BCUT2D eigenvalue weighted by molar-refractivity contribution is 5.94. The predicted octanol–water partition coefficient (Wildman–Crippen LogP) is 3.20. The maximum atomic E-state index is 14.2. The van der Waals surface area contributed by atoms with Crippen LogP contribution in [-0.2, 0) is 4.79 Å². The minimum absolute atomic E-state index is 0.0219. The molecule has 7 heteroatoms. The second-order valence-electron chi connectivity index (χ2n) is 6.04. The lowest BCUT2D eigenvalue weighted by atomic mass is 9.89. The lowest BCUT2D eigenvalue weighted by Gasteiger charge is -2.24. The quantitative estimate of drug-likeness (QED) is 0.758. The van der Waals surface area contributed by atoms with Crippen LogP contribution >= 0.6 is 0 Å². The number of ether oxygens (including phenoxy) is 1. The van der Waals surface area contributed by atoms with Crippen molar-refractivity contribution in [3.63, 3.8) is 0 Å². The topological polar surface area (TPSA) is 76.4 Å². The van der Waals surface area contributed by atoms with Crippen molar-refractivity contribution in [2.24, 2.45) is 0 Å². The standard InChI is InChI=1S/C19H16FN3O3/c1-26-16-8-11(6-7-15(16)24)12-9-17(25)22-19-18(12)21-10-23(19)14-5-3-2-4-13(14)20/h2-8,10,12,24H,9H2,1H3,(H,22,25)/t12-/m1/s1. The lowest BCUT2D eigenvalue weighted by Crippen LogP contribution is -2.25. The van der Waals surface area contributed by atoms with Crippen LogP contribution in [-0.4, -0.2) is 27.7 Å². The van der Waals surface area contributed by atoms with Gasteiger partial charge in [0, 0.05) is 12.3 Å². The van der Waals surface area contributed by atoms with Crippen LogP contribution in [0.4, 0.5) is 10.2 Å². The number of aromatic nitrogens is 2. The average Bonchev–Trinajstić information content (AvgIpc) is 3.05. The van der Waals surface area contributed by atoms with E-state index < -0.39 is 5.82 Å². The van der Waals surface area contributed by atoms with Crippen LogP contribution in [0.15, 0.2) is 48.8 Å². The highest BCUT2D eigenvalue weighted by atomic mass is 19.1. The van der Waals surface area contributed by atoms with Gasteiger partial charge in [0.25, 0.3) is 0 Å². The number of benzene rings is 2. The minimum Gasteiger partial charge on any atom is -0.504 e. The van der Waals surface area contributed by atoms with Gasteiger partial charge in [0.15, 0.2) is 11.5 Å². The van der Waals surface area contributed by atoms with E-state index in [1.807, 2.05) is 0 Å². The summed E-state index contributed by atoms with van der Waals surface area (Å²) in [5.41, 5.74) is 1.74. The molecule has 0 unspecified atom stereocenters. The molecule has 0 radical (unpaired) electrons. The van der Waals surface area contributed by atoms with E-state index in [-0.39, 0.29) is 24.0 Å². The number of carbonyl (C=O) groups is 1. The van der Waals surface area contributed by atoms with Gasteiger partial charge < -0.3 is 15.2 Å². The van der Waals surface area contributed by atoms with E-state index in [9.17, 15) is 14.3 Å². The summed E-state index contributed by atoms with van der Waals surface area (Å²) in [6, 6.07) is 11.2. The number of hydrogen-bond donors (Lipinski definition) is 2. The summed E-state index contributed by atoms with van der Waals surface area (Å²) in [7, 11) is 1.46. The Morgan fingerprint density at radius 2 is 2.12 bits per heavy atom. The van der Waals surface area contributed by atoms with Crippen LogP contribution in [0.1, 0.15) is 23.6 Å². The Bertz CT molecular complexity index is 999. The van der Waals surface area contributed by atoms with Gasteiger partial charge in [-0.2, -0.15) is 0 Å². The SMILES string of the molecule is COc1cc([C@H]2CC(=O)Nc3c2ncn3-c2ccccc2F)ccc1O.